The molecule has 1 aliphatic rings. The van der Waals surface area contributed by atoms with Crippen molar-refractivity contribution in [3.63, 3.8) is 0 Å². The smallest absolute Gasteiger partial charge is 0.406 e. The van der Waals surface area contributed by atoms with E-state index in [1.165, 1.54) is 7.11 Å². The Morgan fingerprint density at radius 2 is 2.25 bits per heavy atom. The summed E-state index contributed by atoms with van der Waals surface area (Å²) in [4.78, 5) is 24.4. The van der Waals surface area contributed by atoms with Crippen molar-refractivity contribution in [3.8, 4) is 5.75 Å². The van der Waals surface area contributed by atoms with Crippen LogP contribution in [0.2, 0.25) is 0 Å². The second-order valence-electron chi connectivity index (χ2n) is 4.63. The summed E-state index contributed by atoms with van der Waals surface area (Å²) in [6.45, 7) is 2.20. The number of alkyl carbamates (subject to hydrolysis) is 1. The van der Waals surface area contributed by atoms with Crippen LogP contribution in [0.15, 0.2) is 18.2 Å². The molecular weight excluding hydrogens is 260 g/mol. The average molecular weight is 278 g/mol. The van der Waals surface area contributed by atoms with Gasteiger partial charge in [0.1, 0.15) is 5.75 Å². The number of anilines is 1. The first kappa shape index (κ1) is 14.2. The molecule has 0 spiro atoms. The topological polar surface area (TPSA) is 67.9 Å². The summed E-state index contributed by atoms with van der Waals surface area (Å²) < 4.78 is 10.0. The molecule has 1 aliphatic heterocycles. The number of methoxy groups -OCH3 is 1. The van der Waals surface area contributed by atoms with Gasteiger partial charge in [-0.15, -0.1) is 0 Å². The SMILES string of the molecule is COC(=O)NCCc1ccc2c(c1)N(C)C(=O)C(C)O2. The van der Waals surface area contributed by atoms with Crippen LogP contribution in [0.3, 0.4) is 0 Å². The van der Waals surface area contributed by atoms with Gasteiger partial charge >= 0.3 is 6.09 Å². The zero-order chi connectivity index (χ0) is 14.7. The Morgan fingerprint density at radius 1 is 1.50 bits per heavy atom. The third-order valence-electron chi connectivity index (χ3n) is 3.24. The van der Waals surface area contributed by atoms with E-state index in [1.807, 2.05) is 18.2 Å². The average Bonchev–Trinajstić information content (AvgIpc) is 2.45. The number of nitrogens with zero attached hydrogens (tertiary/aromatic N) is 1. The zero-order valence-electron chi connectivity index (χ0n) is 11.8. The maximum absolute atomic E-state index is 11.9. The summed E-state index contributed by atoms with van der Waals surface area (Å²) >= 11 is 0. The van der Waals surface area contributed by atoms with E-state index >= 15 is 0 Å². The van der Waals surface area contributed by atoms with Crippen LogP contribution < -0.4 is 15.0 Å². The highest BCUT2D eigenvalue weighted by molar-refractivity contribution is 5.99. The molecule has 20 heavy (non-hydrogen) atoms. The fraction of sp³-hybridized carbons (Fsp3) is 0.429. The number of benzene rings is 1. The fourth-order valence-electron chi connectivity index (χ4n) is 2.09. The van der Waals surface area contributed by atoms with Gasteiger partial charge in [-0.25, -0.2) is 4.79 Å². The maximum Gasteiger partial charge on any atom is 0.406 e. The first-order chi connectivity index (χ1) is 9.52. The van der Waals surface area contributed by atoms with Gasteiger partial charge in [0.2, 0.25) is 0 Å². The Hall–Kier alpha value is -2.24. The van der Waals surface area contributed by atoms with E-state index in [1.54, 1.807) is 18.9 Å². The highest BCUT2D eigenvalue weighted by atomic mass is 16.5. The number of ether oxygens (including phenoxy) is 2. The molecule has 108 valence electrons. The number of fused-ring (bicyclic) bond motifs is 1. The Kier molecular flexibility index (Phi) is 4.12. The van der Waals surface area contributed by atoms with E-state index in [-0.39, 0.29) is 5.91 Å². The molecule has 6 heteroatoms. The van der Waals surface area contributed by atoms with Crippen LogP contribution in [0.25, 0.3) is 0 Å². The van der Waals surface area contributed by atoms with Gasteiger partial charge < -0.3 is 19.7 Å². The normalized spacial score (nSPS) is 17.2. The first-order valence-corrected chi connectivity index (χ1v) is 6.42. The molecule has 2 amide bonds. The first-order valence-electron chi connectivity index (χ1n) is 6.42. The molecule has 1 unspecified atom stereocenters. The van der Waals surface area contributed by atoms with E-state index in [9.17, 15) is 9.59 Å². The number of nitrogens with one attached hydrogen (secondary N) is 1. The molecule has 2 rings (SSSR count). The Labute approximate surface area is 117 Å². The summed E-state index contributed by atoms with van der Waals surface area (Å²) in [5.41, 5.74) is 1.77. The van der Waals surface area contributed by atoms with Crippen LogP contribution >= 0.6 is 0 Å². The third-order valence-corrected chi connectivity index (χ3v) is 3.24. The lowest BCUT2D eigenvalue weighted by atomic mass is 10.1. The molecule has 0 radical (unpaired) electrons. The summed E-state index contributed by atoms with van der Waals surface area (Å²) in [7, 11) is 3.06. The van der Waals surface area contributed by atoms with Gasteiger partial charge in [-0.05, 0) is 31.0 Å². The van der Waals surface area contributed by atoms with E-state index in [0.717, 1.165) is 11.3 Å². The lowest BCUT2D eigenvalue weighted by Crippen LogP contribution is -2.42. The van der Waals surface area contributed by atoms with Crippen LogP contribution in [0.1, 0.15) is 12.5 Å². The number of hydrogen-bond acceptors (Lipinski definition) is 4. The van der Waals surface area contributed by atoms with Crippen LogP contribution in [-0.4, -0.2) is 38.8 Å². The zero-order valence-corrected chi connectivity index (χ0v) is 11.8. The van der Waals surface area contributed by atoms with Gasteiger partial charge in [-0.2, -0.15) is 0 Å². The fourth-order valence-corrected chi connectivity index (χ4v) is 2.09. The van der Waals surface area contributed by atoms with Crippen molar-refractivity contribution >= 4 is 17.7 Å². The summed E-state index contributed by atoms with van der Waals surface area (Å²) in [5.74, 6) is 0.631. The van der Waals surface area contributed by atoms with Gasteiger partial charge in [0.25, 0.3) is 5.91 Å². The van der Waals surface area contributed by atoms with Gasteiger partial charge in [-0.3, -0.25) is 4.79 Å². The number of rotatable bonds is 3. The van der Waals surface area contributed by atoms with Crippen LogP contribution in [-0.2, 0) is 16.0 Å². The lowest BCUT2D eigenvalue weighted by molar-refractivity contribution is -0.125. The minimum atomic E-state index is -0.459. The van der Waals surface area contributed by atoms with E-state index in [4.69, 9.17) is 4.74 Å². The molecule has 0 fully saturated rings. The number of carbonyl (C=O) groups is 2. The van der Waals surface area contributed by atoms with Crippen molar-refractivity contribution in [1.82, 2.24) is 5.32 Å². The molecule has 0 bridgehead atoms. The highest BCUT2D eigenvalue weighted by Gasteiger charge is 2.28. The number of carbonyl (C=O) groups excluding carboxylic acids is 2. The Bertz CT molecular complexity index is 530. The second kappa shape index (κ2) is 5.81. The van der Waals surface area contributed by atoms with Crippen LogP contribution in [0, 0.1) is 0 Å². The number of hydrogen-bond donors (Lipinski definition) is 1. The molecule has 1 aromatic carbocycles. The number of likely N-dealkylation sites (N-methyl/N-ethyl adjacent to an activating group) is 1. The van der Waals surface area contributed by atoms with Crippen molar-refractivity contribution in [3.05, 3.63) is 23.8 Å². The quantitative estimate of drug-likeness (QED) is 0.905. The lowest BCUT2D eigenvalue weighted by Gasteiger charge is -2.30. The minimum absolute atomic E-state index is 0.0673. The summed E-state index contributed by atoms with van der Waals surface area (Å²) in [5, 5.41) is 2.61. The highest BCUT2D eigenvalue weighted by Crippen LogP contribution is 2.33. The van der Waals surface area contributed by atoms with Crippen molar-refractivity contribution in [1.29, 1.82) is 0 Å². The predicted octanol–water partition coefficient (Wildman–Crippen LogP) is 1.33. The van der Waals surface area contributed by atoms with Gasteiger partial charge in [-0.1, -0.05) is 6.07 Å². The molecule has 1 N–H and O–H groups in total. The van der Waals surface area contributed by atoms with Gasteiger partial charge in [0.15, 0.2) is 6.10 Å². The Morgan fingerprint density at radius 3 is 2.95 bits per heavy atom. The second-order valence-corrected chi connectivity index (χ2v) is 4.63. The van der Waals surface area contributed by atoms with Crippen molar-refractivity contribution in [2.45, 2.75) is 19.4 Å². The summed E-state index contributed by atoms with van der Waals surface area (Å²) in [6.07, 6.45) is -0.258. The maximum atomic E-state index is 11.9. The Balaban J connectivity index is 2.08. The van der Waals surface area contributed by atoms with Crippen LogP contribution in [0.5, 0.6) is 5.75 Å². The minimum Gasteiger partial charge on any atom is -0.479 e. The third kappa shape index (κ3) is 2.84. The monoisotopic (exact) mass is 278 g/mol. The van der Waals surface area contributed by atoms with E-state index in [2.05, 4.69) is 10.1 Å². The van der Waals surface area contributed by atoms with E-state index in [0.29, 0.717) is 18.7 Å². The molecule has 0 saturated carbocycles. The van der Waals surface area contributed by atoms with Crippen molar-refractivity contribution in [2.24, 2.45) is 0 Å². The predicted molar refractivity (Wildman–Crippen MR) is 74.1 cm³/mol. The molecule has 6 nitrogen and oxygen atoms in total. The molecule has 0 aliphatic carbocycles. The number of amides is 2. The van der Waals surface area contributed by atoms with E-state index < -0.39 is 12.2 Å². The molecule has 1 heterocycles. The van der Waals surface area contributed by atoms with Crippen LogP contribution in [0.4, 0.5) is 10.5 Å². The molecular formula is C14H18N2O4. The molecule has 0 saturated heterocycles. The largest absolute Gasteiger partial charge is 0.479 e. The standard InChI is InChI=1S/C14H18N2O4/c1-9-13(17)16(2)11-8-10(4-5-12(11)20-9)6-7-15-14(18)19-3/h4-5,8-9H,6-7H2,1-3H3,(H,15,18). The molecule has 1 atom stereocenters. The molecule has 0 aromatic heterocycles. The van der Waals surface area contributed by atoms with Crippen molar-refractivity contribution < 1.29 is 19.1 Å². The van der Waals surface area contributed by atoms with Gasteiger partial charge in [0.05, 0.1) is 12.8 Å². The van der Waals surface area contributed by atoms with Crippen molar-refractivity contribution in [2.75, 3.05) is 25.6 Å². The van der Waals surface area contributed by atoms with Gasteiger partial charge in [0, 0.05) is 13.6 Å². The molecule has 1 aromatic rings. The summed E-state index contributed by atoms with van der Waals surface area (Å²) in [6, 6.07) is 5.68.